The van der Waals surface area contributed by atoms with Crippen LogP contribution in [0.15, 0.2) is 22.6 Å². The maximum Gasteiger partial charge on any atom is 0.235 e. The lowest BCUT2D eigenvalue weighted by Gasteiger charge is -2.32. The maximum absolute atomic E-state index is 12.5. The lowest BCUT2D eigenvalue weighted by atomic mass is 10.2. The quantitative estimate of drug-likeness (QED) is 0.673. The third-order valence-electron chi connectivity index (χ3n) is 4.96. The molecule has 0 aliphatic carbocycles. The number of carbonyl (C=O) groups is 1. The Bertz CT molecular complexity index is 890. The Morgan fingerprint density at radius 2 is 1.86 bits per heavy atom. The van der Waals surface area contributed by atoms with E-state index in [2.05, 4.69) is 9.88 Å². The zero-order valence-corrected chi connectivity index (χ0v) is 18.1. The van der Waals surface area contributed by atoms with E-state index in [1.54, 1.807) is 38.2 Å². The molecule has 8 nitrogen and oxygen atoms in total. The van der Waals surface area contributed by atoms with Crippen LogP contribution in [0, 0.1) is 6.92 Å². The van der Waals surface area contributed by atoms with Crippen LogP contribution in [-0.2, 0) is 21.3 Å². The summed E-state index contributed by atoms with van der Waals surface area (Å²) in [4.78, 5) is 20.8. The van der Waals surface area contributed by atoms with Gasteiger partial charge in [0.1, 0.15) is 11.5 Å². The second kappa shape index (κ2) is 9.41. The topological polar surface area (TPSA) is 85.1 Å². The first-order valence-corrected chi connectivity index (χ1v) is 10.9. The summed E-state index contributed by atoms with van der Waals surface area (Å²) in [6.45, 7) is 4.83. The maximum atomic E-state index is 12.5. The molecule has 1 fully saturated rings. The molecule has 9 heteroatoms. The molecule has 0 N–H and O–H groups in total. The van der Waals surface area contributed by atoms with Gasteiger partial charge in [0.05, 0.1) is 25.7 Å². The van der Waals surface area contributed by atoms with Crippen LogP contribution in [0.1, 0.15) is 11.5 Å². The molecule has 1 atom stereocenters. The first-order chi connectivity index (χ1) is 13.9. The monoisotopic (exact) mass is 421 g/mol. The van der Waals surface area contributed by atoms with E-state index in [1.807, 2.05) is 13.1 Å². The van der Waals surface area contributed by atoms with E-state index in [4.69, 9.17) is 13.9 Å². The molecule has 0 unspecified atom stereocenters. The number of hydrogen-bond acceptors (Lipinski definition) is 7. The van der Waals surface area contributed by atoms with Crippen molar-refractivity contribution in [2.24, 2.45) is 0 Å². The third kappa shape index (κ3) is 5.16. The van der Waals surface area contributed by atoms with Gasteiger partial charge < -0.3 is 23.7 Å². The van der Waals surface area contributed by atoms with Gasteiger partial charge in [0.2, 0.25) is 11.8 Å². The number of benzene rings is 1. The molecule has 2 heterocycles. The van der Waals surface area contributed by atoms with Crippen molar-refractivity contribution in [1.29, 1.82) is 0 Å². The van der Waals surface area contributed by atoms with Crippen LogP contribution in [0.25, 0.3) is 11.5 Å². The molecule has 0 bridgehead atoms. The van der Waals surface area contributed by atoms with Gasteiger partial charge in [0.15, 0.2) is 11.5 Å². The van der Waals surface area contributed by atoms with Crippen LogP contribution in [-0.4, -0.2) is 78.1 Å². The van der Waals surface area contributed by atoms with Crippen molar-refractivity contribution in [3.05, 3.63) is 29.7 Å². The van der Waals surface area contributed by atoms with Gasteiger partial charge in [-0.25, -0.2) is 4.98 Å². The summed E-state index contributed by atoms with van der Waals surface area (Å²) < 4.78 is 28.9. The number of aromatic nitrogens is 1. The van der Waals surface area contributed by atoms with Crippen LogP contribution < -0.4 is 9.47 Å². The van der Waals surface area contributed by atoms with E-state index < -0.39 is 10.8 Å². The Labute approximate surface area is 173 Å². The highest BCUT2D eigenvalue weighted by Crippen LogP contribution is 2.32. The zero-order chi connectivity index (χ0) is 21.0. The summed E-state index contributed by atoms with van der Waals surface area (Å²) in [5, 5.41) is 0. The summed E-state index contributed by atoms with van der Waals surface area (Å²) in [6, 6.07) is 5.38. The Kier molecular flexibility index (Phi) is 6.92. The predicted molar refractivity (Wildman–Crippen MR) is 111 cm³/mol. The Balaban J connectivity index is 1.66. The largest absolute Gasteiger partial charge is 0.493 e. The fourth-order valence-electron chi connectivity index (χ4n) is 3.14. The fourth-order valence-corrected chi connectivity index (χ4v) is 4.28. The molecule has 0 radical (unpaired) electrons. The molecule has 1 aliphatic heterocycles. The highest BCUT2D eigenvalue weighted by molar-refractivity contribution is 7.84. The van der Waals surface area contributed by atoms with Crippen LogP contribution in [0.2, 0.25) is 0 Å². The number of aryl methyl sites for hydroxylation is 1. The Morgan fingerprint density at radius 1 is 1.17 bits per heavy atom. The number of piperazine rings is 1. The van der Waals surface area contributed by atoms with Gasteiger partial charge in [-0.1, -0.05) is 0 Å². The Morgan fingerprint density at radius 3 is 2.52 bits per heavy atom. The van der Waals surface area contributed by atoms with Crippen LogP contribution in [0.4, 0.5) is 0 Å². The summed E-state index contributed by atoms with van der Waals surface area (Å²) in [7, 11) is 3.82. The highest BCUT2D eigenvalue weighted by Gasteiger charge is 2.22. The lowest BCUT2D eigenvalue weighted by molar-refractivity contribution is -0.129. The SMILES string of the molecule is COc1ccc(-c2nc(C[S@](=O)CC(=O)N3CCN(C)CC3)c(C)o2)cc1OC. The molecular weight excluding hydrogens is 394 g/mol. The summed E-state index contributed by atoms with van der Waals surface area (Å²) in [6.07, 6.45) is 0. The normalized spacial score (nSPS) is 15.9. The lowest BCUT2D eigenvalue weighted by Crippen LogP contribution is -2.48. The van der Waals surface area contributed by atoms with Crippen LogP contribution >= 0.6 is 0 Å². The molecule has 1 aromatic carbocycles. The molecule has 1 saturated heterocycles. The van der Waals surface area contributed by atoms with E-state index in [0.717, 1.165) is 18.7 Å². The highest BCUT2D eigenvalue weighted by atomic mass is 32.2. The fraction of sp³-hybridized carbons (Fsp3) is 0.500. The number of amides is 1. The van der Waals surface area contributed by atoms with E-state index in [1.165, 1.54) is 0 Å². The van der Waals surface area contributed by atoms with Gasteiger partial charge in [-0.3, -0.25) is 9.00 Å². The molecule has 0 spiro atoms. The minimum absolute atomic E-state index is 0.00169. The third-order valence-corrected chi connectivity index (χ3v) is 6.13. The van der Waals surface area contributed by atoms with E-state index >= 15 is 0 Å². The van der Waals surface area contributed by atoms with E-state index in [-0.39, 0.29) is 17.4 Å². The predicted octanol–water partition coefficient (Wildman–Crippen LogP) is 1.69. The van der Waals surface area contributed by atoms with E-state index in [9.17, 15) is 9.00 Å². The number of oxazole rings is 1. The minimum atomic E-state index is -1.35. The molecule has 1 aliphatic rings. The molecule has 0 saturated carbocycles. The molecule has 2 aromatic rings. The van der Waals surface area contributed by atoms with Gasteiger partial charge >= 0.3 is 0 Å². The summed E-state index contributed by atoms with van der Waals surface area (Å²) in [5.74, 6) is 2.31. The number of nitrogens with zero attached hydrogens (tertiary/aromatic N) is 3. The molecule has 29 heavy (non-hydrogen) atoms. The van der Waals surface area contributed by atoms with Gasteiger partial charge in [-0.15, -0.1) is 0 Å². The van der Waals surface area contributed by atoms with Crippen LogP contribution in [0.3, 0.4) is 0 Å². The average molecular weight is 422 g/mol. The molecule has 3 rings (SSSR count). The first-order valence-electron chi connectivity index (χ1n) is 9.41. The van der Waals surface area contributed by atoms with Crippen molar-refractivity contribution >= 4 is 16.7 Å². The van der Waals surface area contributed by atoms with Crippen molar-refractivity contribution < 1.29 is 22.9 Å². The number of likely N-dealkylation sites (N-methyl/N-ethyl adjacent to an activating group) is 1. The van der Waals surface area contributed by atoms with Gasteiger partial charge in [0, 0.05) is 42.5 Å². The zero-order valence-electron chi connectivity index (χ0n) is 17.3. The number of rotatable bonds is 7. The average Bonchev–Trinajstić information content (AvgIpc) is 3.07. The number of methoxy groups -OCH3 is 2. The number of hydrogen-bond donors (Lipinski definition) is 0. The molecule has 158 valence electrons. The van der Waals surface area contributed by atoms with Gasteiger partial charge in [0.25, 0.3) is 0 Å². The summed E-state index contributed by atoms with van der Waals surface area (Å²) in [5.41, 5.74) is 1.33. The Hall–Kier alpha value is -2.39. The number of carbonyl (C=O) groups excluding carboxylic acids is 1. The van der Waals surface area contributed by atoms with Crippen molar-refractivity contribution in [2.75, 3.05) is 53.2 Å². The second-order valence-corrected chi connectivity index (χ2v) is 8.46. The number of ether oxygens (including phenoxy) is 2. The smallest absolute Gasteiger partial charge is 0.235 e. The van der Waals surface area contributed by atoms with Crippen molar-refractivity contribution in [3.8, 4) is 23.0 Å². The van der Waals surface area contributed by atoms with Crippen molar-refractivity contribution in [2.45, 2.75) is 12.7 Å². The second-order valence-electron chi connectivity index (χ2n) is 7.00. The van der Waals surface area contributed by atoms with Gasteiger partial charge in [-0.2, -0.15) is 0 Å². The van der Waals surface area contributed by atoms with Gasteiger partial charge in [-0.05, 0) is 32.2 Å². The molecule has 1 aromatic heterocycles. The molecule has 1 amide bonds. The standard InChI is InChI=1S/C20H27N3O5S/c1-14-16(12-29(25)13-19(24)23-9-7-22(2)8-10-23)21-20(28-14)15-5-6-17(26-3)18(11-15)27-4/h5-6,11H,7-10,12-13H2,1-4H3/t29-/m0/s1. The van der Waals surface area contributed by atoms with E-state index in [0.29, 0.717) is 41.9 Å². The first kappa shape index (κ1) is 21.3. The van der Waals surface area contributed by atoms with Crippen LogP contribution in [0.5, 0.6) is 11.5 Å². The van der Waals surface area contributed by atoms with Crippen molar-refractivity contribution in [3.63, 3.8) is 0 Å². The van der Waals surface area contributed by atoms with Crippen molar-refractivity contribution in [1.82, 2.24) is 14.8 Å². The molecular formula is C20H27N3O5S. The summed E-state index contributed by atoms with van der Waals surface area (Å²) >= 11 is 0. The minimum Gasteiger partial charge on any atom is -0.493 e.